The van der Waals surface area contributed by atoms with Crippen molar-refractivity contribution in [1.82, 2.24) is 19.9 Å². The zero-order valence-electron chi connectivity index (χ0n) is 17.1. The van der Waals surface area contributed by atoms with Gasteiger partial charge in [0.25, 0.3) is 5.56 Å². The molecule has 0 unspecified atom stereocenters. The summed E-state index contributed by atoms with van der Waals surface area (Å²) in [6.45, 7) is 5.09. The maximum absolute atomic E-state index is 12.5. The maximum atomic E-state index is 12.5. The van der Waals surface area contributed by atoms with Crippen molar-refractivity contribution in [1.29, 1.82) is 0 Å². The molecule has 0 aliphatic heterocycles. The molecule has 0 saturated carbocycles. The molecule has 6 nitrogen and oxygen atoms in total. The number of nitrogens with one attached hydrogen (secondary N) is 3. The summed E-state index contributed by atoms with van der Waals surface area (Å²) in [6.07, 6.45) is 6.78. The molecule has 0 aliphatic rings. The van der Waals surface area contributed by atoms with Crippen LogP contribution in [0.1, 0.15) is 31.5 Å². The summed E-state index contributed by atoms with van der Waals surface area (Å²) in [4.78, 5) is 27.5. The lowest BCUT2D eigenvalue weighted by molar-refractivity contribution is 0.606. The van der Waals surface area contributed by atoms with Crippen LogP contribution in [0.5, 0.6) is 0 Å². The van der Waals surface area contributed by atoms with E-state index in [-0.39, 0.29) is 5.56 Å². The first-order valence-corrected chi connectivity index (χ1v) is 10.1. The van der Waals surface area contributed by atoms with E-state index in [1.165, 1.54) is 0 Å². The van der Waals surface area contributed by atoms with Crippen LogP contribution in [0.15, 0.2) is 59.5 Å². The summed E-state index contributed by atoms with van der Waals surface area (Å²) in [5.74, 6) is 1.07. The molecule has 0 spiro atoms. The minimum absolute atomic E-state index is 0.159. The largest absolute Gasteiger partial charge is 0.356 e. The number of hydrogen-bond acceptors (Lipinski definition) is 4. The van der Waals surface area contributed by atoms with Crippen molar-refractivity contribution < 1.29 is 0 Å². The molecule has 30 heavy (non-hydrogen) atoms. The van der Waals surface area contributed by atoms with E-state index in [0.29, 0.717) is 22.9 Å². The van der Waals surface area contributed by atoms with Crippen molar-refractivity contribution >= 4 is 29.1 Å². The van der Waals surface area contributed by atoms with E-state index < -0.39 is 0 Å². The van der Waals surface area contributed by atoms with E-state index in [9.17, 15) is 4.79 Å². The number of aromatic amines is 2. The Kier molecular flexibility index (Phi) is 5.75. The minimum Gasteiger partial charge on any atom is -0.356 e. The second-order valence-electron chi connectivity index (χ2n) is 7.68. The normalized spacial score (nSPS) is 11.6. The van der Waals surface area contributed by atoms with Gasteiger partial charge in [0.1, 0.15) is 5.65 Å². The molecule has 3 aromatic heterocycles. The molecule has 0 aliphatic carbocycles. The number of aromatic nitrogens is 4. The van der Waals surface area contributed by atoms with Gasteiger partial charge in [0.2, 0.25) is 5.95 Å². The fourth-order valence-corrected chi connectivity index (χ4v) is 3.19. The van der Waals surface area contributed by atoms with Crippen LogP contribution >= 0.6 is 0 Å². The van der Waals surface area contributed by atoms with Gasteiger partial charge in [-0.05, 0) is 42.2 Å². The van der Waals surface area contributed by atoms with E-state index >= 15 is 0 Å². The Bertz CT molecular complexity index is 1220. The molecular weight excluding hydrogens is 374 g/mol. The number of nitrogens with zero attached hydrogens (tertiary/aromatic N) is 2. The van der Waals surface area contributed by atoms with Gasteiger partial charge in [-0.15, -0.1) is 0 Å². The average molecular weight is 399 g/mol. The average Bonchev–Trinajstić information content (AvgIpc) is 3.18. The Labute approximate surface area is 175 Å². The van der Waals surface area contributed by atoms with Crippen molar-refractivity contribution in [2.24, 2.45) is 5.92 Å². The molecule has 0 atom stereocenters. The van der Waals surface area contributed by atoms with Gasteiger partial charge >= 0.3 is 0 Å². The smallest absolute Gasteiger partial charge is 0.261 e. The zero-order chi connectivity index (χ0) is 20.9. The van der Waals surface area contributed by atoms with Crippen molar-refractivity contribution in [3.05, 3.63) is 76.3 Å². The zero-order valence-corrected chi connectivity index (χ0v) is 17.1. The fourth-order valence-electron chi connectivity index (χ4n) is 3.19. The highest BCUT2D eigenvalue weighted by Crippen LogP contribution is 2.22. The van der Waals surface area contributed by atoms with E-state index in [0.717, 1.165) is 35.5 Å². The standard InChI is InChI=1S/C24H25N5O/c1-16(2)10-12-26-24-28-22-20(23(30)29-24)15-21(27-22)18-11-13-25-19(14-18)9-8-17-6-4-3-5-7-17/h3-9,11,13-16H,10,12H2,1-2H3,(H3,26,27,28,29,30). The Hall–Kier alpha value is -3.67. The molecule has 152 valence electrons. The number of pyridine rings is 1. The monoisotopic (exact) mass is 399 g/mol. The molecule has 0 fully saturated rings. The predicted molar refractivity (Wildman–Crippen MR) is 123 cm³/mol. The summed E-state index contributed by atoms with van der Waals surface area (Å²) < 4.78 is 0. The number of rotatable bonds is 7. The van der Waals surface area contributed by atoms with Gasteiger partial charge in [0, 0.05) is 24.0 Å². The summed E-state index contributed by atoms with van der Waals surface area (Å²) >= 11 is 0. The van der Waals surface area contributed by atoms with Gasteiger partial charge in [-0.1, -0.05) is 50.3 Å². The molecule has 0 amide bonds. The fraction of sp³-hybridized carbons (Fsp3) is 0.208. The molecule has 0 bridgehead atoms. The molecule has 3 N–H and O–H groups in total. The first kappa shape index (κ1) is 19.6. The third-order valence-corrected chi connectivity index (χ3v) is 4.85. The highest BCUT2D eigenvalue weighted by molar-refractivity contribution is 5.83. The van der Waals surface area contributed by atoms with Crippen LogP contribution in [0.4, 0.5) is 5.95 Å². The van der Waals surface area contributed by atoms with E-state index in [1.807, 2.05) is 60.7 Å². The highest BCUT2D eigenvalue weighted by Gasteiger charge is 2.10. The molecule has 4 aromatic rings. The molecule has 0 radical (unpaired) electrons. The first-order valence-electron chi connectivity index (χ1n) is 10.1. The van der Waals surface area contributed by atoms with Gasteiger partial charge in [0.15, 0.2) is 0 Å². The van der Waals surface area contributed by atoms with Crippen molar-refractivity contribution in [2.75, 3.05) is 11.9 Å². The van der Waals surface area contributed by atoms with Crippen LogP contribution in [0.2, 0.25) is 0 Å². The van der Waals surface area contributed by atoms with Crippen LogP contribution in [0, 0.1) is 5.92 Å². The van der Waals surface area contributed by atoms with Gasteiger partial charge in [0.05, 0.1) is 11.1 Å². The Morgan fingerprint density at radius 3 is 2.70 bits per heavy atom. The van der Waals surface area contributed by atoms with Crippen molar-refractivity contribution in [3.63, 3.8) is 0 Å². The number of benzene rings is 1. The third kappa shape index (κ3) is 4.66. The Balaban J connectivity index is 1.59. The number of H-pyrrole nitrogens is 2. The van der Waals surface area contributed by atoms with E-state index in [2.05, 4.69) is 39.1 Å². The van der Waals surface area contributed by atoms with Gasteiger partial charge < -0.3 is 10.3 Å². The molecule has 1 aromatic carbocycles. The Morgan fingerprint density at radius 1 is 1.07 bits per heavy atom. The minimum atomic E-state index is -0.159. The highest BCUT2D eigenvalue weighted by atomic mass is 16.1. The third-order valence-electron chi connectivity index (χ3n) is 4.85. The number of hydrogen-bond donors (Lipinski definition) is 3. The van der Waals surface area contributed by atoms with Crippen LogP contribution < -0.4 is 10.9 Å². The SMILES string of the molecule is CC(C)CCNc1nc2[nH]c(-c3ccnc(C=Cc4ccccc4)c3)cc2c(=O)[nH]1. The maximum Gasteiger partial charge on any atom is 0.261 e. The topological polar surface area (TPSA) is 86.5 Å². The molecule has 6 heteroatoms. The lowest BCUT2D eigenvalue weighted by atomic mass is 10.1. The van der Waals surface area contributed by atoms with Gasteiger partial charge in [-0.25, -0.2) is 0 Å². The van der Waals surface area contributed by atoms with Gasteiger partial charge in [-0.3, -0.25) is 14.8 Å². The van der Waals surface area contributed by atoms with E-state index in [1.54, 1.807) is 6.20 Å². The first-order chi connectivity index (χ1) is 14.6. The lowest BCUT2D eigenvalue weighted by Gasteiger charge is -2.06. The number of anilines is 1. The summed E-state index contributed by atoms with van der Waals surface area (Å²) in [6, 6.07) is 15.8. The molecule has 0 saturated heterocycles. The molecule has 3 heterocycles. The second-order valence-corrected chi connectivity index (χ2v) is 7.68. The van der Waals surface area contributed by atoms with Crippen LogP contribution in [-0.2, 0) is 0 Å². The quantitative estimate of drug-likeness (QED) is 0.411. The predicted octanol–water partition coefficient (Wildman–Crippen LogP) is 4.94. The second kappa shape index (κ2) is 8.78. The summed E-state index contributed by atoms with van der Waals surface area (Å²) in [5, 5.41) is 3.73. The molecular formula is C24H25N5O. The van der Waals surface area contributed by atoms with Crippen LogP contribution in [0.3, 0.4) is 0 Å². The summed E-state index contributed by atoms with van der Waals surface area (Å²) in [5.41, 5.74) is 4.15. The Morgan fingerprint density at radius 2 is 1.90 bits per heavy atom. The van der Waals surface area contributed by atoms with Gasteiger partial charge in [-0.2, -0.15) is 4.98 Å². The molecule has 4 rings (SSSR count). The van der Waals surface area contributed by atoms with Crippen molar-refractivity contribution in [3.8, 4) is 11.3 Å². The van der Waals surface area contributed by atoms with Crippen molar-refractivity contribution in [2.45, 2.75) is 20.3 Å². The van der Waals surface area contributed by atoms with E-state index in [4.69, 9.17) is 0 Å². The van der Waals surface area contributed by atoms with Crippen LogP contribution in [-0.4, -0.2) is 26.5 Å². The number of fused-ring (bicyclic) bond motifs is 1. The van der Waals surface area contributed by atoms with Crippen LogP contribution in [0.25, 0.3) is 34.4 Å². The summed E-state index contributed by atoms with van der Waals surface area (Å²) in [7, 11) is 0. The lowest BCUT2D eigenvalue weighted by Crippen LogP contribution is -2.14.